The second-order valence-electron chi connectivity index (χ2n) is 9.41. The summed E-state index contributed by atoms with van der Waals surface area (Å²) >= 11 is 6.40. The first kappa shape index (κ1) is 21.8. The molecule has 2 heterocycles. The Morgan fingerprint density at radius 2 is 1.67 bits per heavy atom. The molecule has 6 heteroatoms. The fraction of sp³-hybridized carbons (Fsp3) is 0.333. The van der Waals surface area contributed by atoms with Gasteiger partial charge < -0.3 is 14.7 Å². The van der Waals surface area contributed by atoms with Gasteiger partial charge in [-0.15, -0.1) is 0 Å². The molecule has 0 radical (unpaired) electrons. The summed E-state index contributed by atoms with van der Waals surface area (Å²) in [5.41, 5.74) is 3.67. The third-order valence-corrected chi connectivity index (χ3v) is 7.54. The van der Waals surface area contributed by atoms with Gasteiger partial charge in [0.1, 0.15) is 0 Å². The minimum absolute atomic E-state index is 0.00551. The number of likely N-dealkylation sites (tertiary alicyclic amines) is 1. The molecule has 2 amide bonds. The number of hydrogen-bond acceptors (Lipinski definition) is 3. The monoisotopic (exact) mass is 461 g/mol. The van der Waals surface area contributed by atoms with Gasteiger partial charge in [-0.05, 0) is 54.1 Å². The van der Waals surface area contributed by atoms with Gasteiger partial charge in [0.25, 0.3) is 5.91 Å². The summed E-state index contributed by atoms with van der Waals surface area (Å²) in [7, 11) is 4.03. The smallest absolute Gasteiger partial charge is 0.258 e. The molecule has 5 rings (SSSR count). The van der Waals surface area contributed by atoms with Crippen LogP contribution in [0.25, 0.3) is 10.8 Å². The minimum atomic E-state index is -0.179. The van der Waals surface area contributed by atoms with E-state index in [0.717, 1.165) is 40.6 Å². The summed E-state index contributed by atoms with van der Waals surface area (Å²) in [5, 5.41) is 2.70. The van der Waals surface area contributed by atoms with E-state index in [1.807, 2.05) is 72.4 Å². The van der Waals surface area contributed by atoms with Gasteiger partial charge >= 0.3 is 0 Å². The van der Waals surface area contributed by atoms with Gasteiger partial charge in [-0.1, -0.05) is 35.9 Å². The van der Waals surface area contributed by atoms with E-state index in [4.69, 9.17) is 11.6 Å². The maximum absolute atomic E-state index is 14.0. The van der Waals surface area contributed by atoms with E-state index in [9.17, 15) is 9.59 Å². The number of rotatable bonds is 2. The number of halogens is 1. The van der Waals surface area contributed by atoms with Crippen LogP contribution in [0.1, 0.15) is 35.7 Å². The summed E-state index contributed by atoms with van der Waals surface area (Å²) in [6, 6.07) is 17.9. The molecule has 2 aliphatic heterocycles. The second-order valence-corrected chi connectivity index (χ2v) is 9.85. The highest BCUT2D eigenvalue weighted by Crippen LogP contribution is 2.48. The highest BCUT2D eigenvalue weighted by Gasteiger charge is 2.47. The molecule has 1 spiro atoms. The van der Waals surface area contributed by atoms with Crippen molar-refractivity contribution in [3.8, 4) is 0 Å². The van der Waals surface area contributed by atoms with Gasteiger partial charge in [0.2, 0.25) is 5.91 Å². The first-order valence-electron chi connectivity index (χ1n) is 11.4. The largest absolute Gasteiger partial charge is 0.377 e. The Balaban J connectivity index is 1.57. The molecule has 1 saturated heterocycles. The molecule has 33 heavy (non-hydrogen) atoms. The van der Waals surface area contributed by atoms with E-state index in [2.05, 4.69) is 11.0 Å². The number of fused-ring (bicyclic) bond motifs is 3. The lowest BCUT2D eigenvalue weighted by atomic mass is 9.74. The number of amides is 2. The fourth-order valence-corrected chi connectivity index (χ4v) is 5.68. The Morgan fingerprint density at radius 1 is 0.970 bits per heavy atom. The molecule has 5 nitrogen and oxygen atoms in total. The molecular formula is C27H28ClN3O2. The summed E-state index contributed by atoms with van der Waals surface area (Å²) < 4.78 is 0. The maximum atomic E-state index is 14.0. The van der Waals surface area contributed by atoms with E-state index >= 15 is 0 Å². The van der Waals surface area contributed by atoms with E-state index in [1.165, 1.54) is 0 Å². The average Bonchev–Trinajstić information content (AvgIpc) is 3.11. The molecule has 0 aliphatic carbocycles. The summed E-state index contributed by atoms with van der Waals surface area (Å²) in [5.74, 6) is 0.112. The number of carbonyl (C=O) groups is 2. The third-order valence-electron chi connectivity index (χ3n) is 7.31. The minimum Gasteiger partial charge on any atom is -0.377 e. The van der Waals surface area contributed by atoms with E-state index in [1.54, 1.807) is 6.92 Å². The number of carbonyl (C=O) groups excluding carboxylic acids is 2. The topological polar surface area (TPSA) is 43.9 Å². The SMILES string of the molecule is CC(=O)N1CCC2(CC1)CN(C(=O)c1ccc(N(C)C)c3ccccc13)c1ccc(Cl)cc12. The zero-order valence-electron chi connectivity index (χ0n) is 19.3. The van der Waals surface area contributed by atoms with E-state index < -0.39 is 0 Å². The zero-order valence-corrected chi connectivity index (χ0v) is 20.0. The van der Waals surface area contributed by atoms with E-state index in [-0.39, 0.29) is 17.2 Å². The van der Waals surface area contributed by atoms with Crippen molar-refractivity contribution in [1.82, 2.24) is 4.90 Å². The number of nitrogens with zero attached hydrogens (tertiary/aromatic N) is 3. The van der Waals surface area contributed by atoms with Crippen LogP contribution in [0, 0.1) is 0 Å². The lowest BCUT2D eigenvalue weighted by molar-refractivity contribution is -0.130. The van der Waals surface area contributed by atoms with Crippen LogP contribution < -0.4 is 9.80 Å². The van der Waals surface area contributed by atoms with Crippen LogP contribution in [0.3, 0.4) is 0 Å². The molecular weight excluding hydrogens is 434 g/mol. The van der Waals surface area contributed by atoms with Gasteiger partial charge in [0.05, 0.1) is 0 Å². The van der Waals surface area contributed by atoms with Gasteiger partial charge in [-0.3, -0.25) is 9.59 Å². The number of anilines is 2. The van der Waals surface area contributed by atoms with Gasteiger partial charge in [-0.25, -0.2) is 0 Å². The lowest BCUT2D eigenvalue weighted by Gasteiger charge is -2.39. The fourth-order valence-electron chi connectivity index (χ4n) is 5.50. The van der Waals surface area contributed by atoms with Gasteiger partial charge in [0, 0.05) is 73.4 Å². The summed E-state index contributed by atoms with van der Waals surface area (Å²) in [6.07, 6.45) is 1.65. The van der Waals surface area contributed by atoms with Crippen LogP contribution in [0.4, 0.5) is 11.4 Å². The highest BCUT2D eigenvalue weighted by atomic mass is 35.5. The Morgan fingerprint density at radius 3 is 2.33 bits per heavy atom. The van der Waals surface area contributed by atoms with E-state index in [0.29, 0.717) is 30.2 Å². The second kappa shape index (κ2) is 8.07. The standard InChI is InChI=1S/C27H28ClN3O2/c1-18(32)30-14-12-27(13-15-30)17-31(25-10-8-19(28)16-23(25)27)26(33)22-9-11-24(29(2)3)21-7-5-4-6-20(21)22/h4-11,16H,12-15,17H2,1-3H3. The first-order chi connectivity index (χ1) is 15.8. The van der Waals surface area contributed by atoms with Crippen LogP contribution in [0.2, 0.25) is 5.02 Å². The van der Waals surface area contributed by atoms with Crippen LogP contribution in [-0.2, 0) is 10.2 Å². The molecule has 3 aromatic carbocycles. The van der Waals surface area contributed by atoms with Gasteiger partial charge in [-0.2, -0.15) is 0 Å². The lowest BCUT2D eigenvalue weighted by Crippen LogP contribution is -2.47. The average molecular weight is 462 g/mol. The molecule has 0 saturated carbocycles. The highest BCUT2D eigenvalue weighted by molar-refractivity contribution is 6.31. The van der Waals surface area contributed by atoms with Crippen molar-refractivity contribution < 1.29 is 9.59 Å². The van der Waals surface area contributed by atoms with Crippen LogP contribution >= 0.6 is 11.6 Å². The molecule has 3 aromatic rings. The van der Waals surface area contributed by atoms with Crippen molar-refractivity contribution in [2.75, 3.05) is 43.5 Å². The normalized spacial score (nSPS) is 16.8. The Hall–Kier alpha value is -3.05. The van der Waals surface area contributed by atoms with Crippen molar-refractivity contribution >= 4 is 45.6 Å². The number of hydrogen-bond donors (Lipinski definition) is 0. The van der Waals surface area contributed by atoms with Crippen molar-refractivity contribution in [2.45, 2.75) is 25.2 Å². The predicted molar refractivity (Wildman–Crippen MR) is 135 cm³/mol. The number of piperidine rings is 1. The molecule has 2 aliphatic rings. The molecule has 170 valence electrons. The molecule has 0 N–H and O–H groups in total. The molecule has 1 fully saturated rings. The maximum Gasteiger partial charge on any atom is 0.258 e. The van der Waals surface area contributed by atoms with Gasteiger partial charge in [0.15, 0.2) is 0 Å². The third kappa shape index (κ3) is 3.55. The van der Waals surface area contributed by atoms with Crippen LogP contribution in [0.15, 0.2) is 54.6 Å². The molecule has 0 aromatic heterocycles. The van der Waals surface area contributed by atoms with Crippen molar-refractivity contribution in [2.24, 2.45) is 0 Å². The quantitative estimate of drug-likeness (QED) is 0.533. The van der Waals surface area contributed by atoms with Crippen LogP contribution in [-0.4, -0.2) is 50.4 Å². The first-order valence-corrected chi connectivity index (χ1v) is 11.7. The molecule has 0 atom stereocenters. The Bertz CT molecular complexity index is 1260. The summed E-state index contributed by atoms with van der Waals surface area (Å²) in [6.45, 7) is 3.63. The Kier molecular flexibility index (Phi) is 5.32. The Labute approximate surface area is 199 Å². The van der Waals surface area contributed by atoms with Crippen molar-refractivity contribution in [1.29, 1.82) is 0 Å². The predicted octanol–water partition coefficient (Wildman–Crippen LogP) is 5.10. The van der Waals surface area contributed by atoms with Crippen molar-refractivity contribution in [3.63, 3.8) is 0 Å². The summed E-state index contributed by atoms with van der Waals surface area (Å²) in [4.78, 5) is 31.8. The van der Waals surface area contributed by atoms with Crippen molar-refractivity contribution in [3.05, 3.63) is 70.7 Å². The number of benzene rings is 3. The van der Waals surface area contributed by atoms with Crippen LogP contribution in [0.5, 0.6) is 0 Å². The molecule has 0 bridgehead atoms. The zero-order chi connectivity index (χ0) is 23.3. The molecule has 0 unspecified atom stereocenters.